The van der Waals surface area contributed by atoms with Gasteiger partial charge in [0.05, 0.1) is 0 Å². The largest absolute Gasteiger partial charge is 0.339 e. The number of aryl methyl sites for hydroxylation is 1. The van der Waals surface area contributed by atoms with E-state index in [1.165, 1.54) is 0 Å². The molecule has 0 bridgehead atoms. The molecule has 1 heterocycles. The minimum Gasteiger partial charge on any atom is -0.339 e. The lowest BCUT2D eigenvalue weighted by Crippen LogP contribution is -2.01. The van der Waals surface area contributed by atoms with Crippen LogP contribution in [0.1, 0.15) is 43.8 Å². The zero-order valence-electron chi connectivity index (χ0n) is 7.86. The summed E-state index contributed by atoms with van der Waals surface area (Å²) >= 11 is 0. The van der Waals surface area contributed by atoms with Crippen LogP contribution in [0.5, 0.6) is 0 Å². The van der Waals surface area contributed by atoms with E-state index >= 15 is 0 Å². The quantitative estimate of drug-likeness (QED) is 0.653. The minimum absolute atomic E-state index is 0.456. The summed E-state index contributed by atoms with van der Waals surface area (Å²) in [5.74, 6) is 2.10. The monoisotopic (exact) mass is 178 g/mol. The van der Waals surface area contributed by atoms with Crippen molar-refractivity contribution in [3.63, 3.8) is 0 Å². The molecule has 0 aromatic carbocycles. The lowest BCUT2D eigenvalue weighted by molar-refractivity contribution is 0.341. The first kappa shape index (κ1) is 8.48. The topological polar surface area (TPSA) is 38.9 Å². The van der Waals surface area contributed by atoms with Crippen LogP contribution in [-0.2, 0) is 6.42 Å². The number of hydrogen-bond acceptors (Lipinski definition) is 3. The van der Waals surface area contributed by atoms with Crippen LogP contribution in [0, 0.1) is 0 Å². The summed E-state index contributed by atoms with van der Waals surface area (Å²) in [7, 11) is 0. The Morgan fingerprint density at radius 2 is 2.46 bits per heavy atom. The number of hydrogen-bond donors (Lipinski definition) is 0. The Labute approximate surface area is 77.8 Å². The lowest BCUT2D eigenvalue weighted by Gasteiger charge is -2.12. The predicted molar refractivity (Wildman–Crippen MR) is 49.4 cm³/mol. The van der Waals surface area contributed by atoms with Crippen LogP contribution < -0.4 is 0 Å². The molecule has 3 nitrogen and oxygen atoms in total. The second-order valence-electron chi connectivity index (χ2n) is 3.38. The third kappa shape index (κ3) is 1.79. The predicted octanol–water partition coefficient (Wildman–Crippen LogP) is 2.46. The van der Waals surface area contributed by atoms with E-state index in [9.17, 15) is 0 Å². The van der Waals surface area contributed by atoms with Crippen molar-refractivity contribution in [2.24, 2.45) is 0 Å². The molecule has 1 unspecified atom stereocenters. The van der Waals surface area contributed by atoms with Crippen LogP contribution in [0.4, 0.5) is 0 Å². The van der Waals surface area contributed by atoms with Gasteiger partial charge >= 0.3 is 0 Å². The van der Waals surface area contributed by atoms with E-state index in [0.717, 1.165) is 37.4 Å². The number of nitrogens with zero attached hydrogens (tertiary/aromatic N) is 2. The van der Waals surface area contributed by atoms with E-state index in [-0.39, 0.29) is 0 Å². The highest BCUT2D eigenvalue weighted by Gasteiger charge is 2.18. The van der Waals surface area contributed by atoms with E-state index in [2.05, 4.69) is 22.3 Å². The first-order valence-corrected chi connectivity index (χ1v) is 4.87. The van der Waals surface area contributed by atoms with Gasteiger partial charge in [0.25, 0.3) is 0 Å². The van der Waals surface area contributed by atoms with Gasteiger partial charge in [-0.25, -0.2) is 0 Å². The molecular weight excluding hydrogens is 164 g/mol. The molecule has 1 aromatic rings. The molecule has 1 aliphatic carbocycles. The molecule has 0 amide bonds. The van der Waals surface area contributed by atoms with Crippen molar-refractivity contribution in [2.75, 3.05) is 0 Å². The molecule has 0 spiro atoms. The fourth-order valence-corrected chi connectivity index (χ4v) is 1.59. The molecule has 0 N–H and O–H groups in total. The summed E-state index contributed by atoms with van der Waals surface area (Å²) in [5.41, 5.74) is 0. The third-order valence-electron chi connectivity index (χ3n) is 2.42. The highest BCUT2D eigenvalue weighted by molar-refractivity contribution is 5.02. The van der Waals surface area contributed by atoms with Crippen LogP contribution >= 0.6 is 0 Å². The van der Waals surface area contributed by atoms with E-state index in [0.29, 0.717) is 5.92 Å². The fourth-order valence-electron chi connectivity index (χ4n) is 1.59. The molecule has 1 aromatic heterocycles. The van der Waals surface area contributed by atoms with E-state index in [4.69, 9.17) is 4.52 Å². The molecule has 1 aliphatic rings. The van der Waals surface area contributed by atoms with Gasteiger partial charge in [0.1, 0.15) is 0 Å². The summed E-state index contributed by atoms with van der Waals surface area (Å²) in [6.07, 6.45) is 8.59. The summed E-state index contributed by atoms with van der Waals surface area (Å²) in [5, 5.41) is 3.90. The van der Waals surface area contributed by atoms with Crippen LogP contribution in [-0.4, -0.2) is 10.1 Å². The smallest absolute Gasteiger partial charge is 0.230 e. The Morgan fingerprint density at radius 1 is 1.54 bits per heavy atom. The van der Waals surface area contributed by atoms with Gasteiger partial charge in [-0.1, -0.05) is 24.2 Å². The Morgan fingerprint density at radius 3 is 3.08 bits per heavy atom. The number of aromatic nitrogens is 2. The van der Waals surface area contributed by atoms with Gasteiger partial charge in [0.15, 0.2) is 5.82 Å². The van der Waals surface area contributed by atoms with Crippen molar-refractivity contribution in [3.05, 3.63) is 23.9 Å². The molecule has 0 fully saturated rings. The number of allylic oxidation sites excluding steroid dienone is 2. The van der Waals surface area contributed by atoms with Gasteiger partial charge in [0.2, 0.25) is 5.89 Å². The minimum atomic E-state index is 0.456. The summed E-state index contributed by atoms with van der Waals surface area (Å²) in [6.45, 7) is 2.04. The molecule has 1 atom stereocenters. The maximum Gasteiger partial charge on any atom is 0.230 e. The highest BCUT2D eigenvalue weighted by atomic mass is 16.5. The van der Waals surface area contributed by atoms with Crippen LogP contribution in [0.2, 0.25) is 0 Å². The van der Waals surface area contributed by atoms with E-state index in [1.54, 1.807) is 0 Å². The van der Waals surface area contributed by atoms with Gasteiger partial charge in [-0.3, -0.25) is 0 Å². The maximum absolute atomic E-state index is 5.20. The SMILES string of the molecule is CCc1noc(C2CC=CCC2)n1. The molecule has 70 valence electrons. The van der Waals surface area contributed by atoms with Gasteiger partial charge in [-0.15, -0.1) is 0 Å². The summed E-state index contributed by atoms with van der Waals surface area (Å²) in [4.78, 5) is 4.34. The van der Waals surface area contributed by atoms with Gasteiger partial charge in [0, 0.05) is 12.3 Å². The summed E-state index contributed by atoms with van der Waals surface area (Å²) in [6, 6.07) is 0. The molecular formula is C10H14N2O. The van der Waals surface area contributed by atoms with Crippen molar-refractivity contribution < 1.29 is 4.52 Å². The first-order valence-electron chi connectivity index (χ1n) is 4.87. The molecule has 0 aliphatic heterocycles. The van der Waals surface area contributed by atoms with Crippen LogP contribution in [0.25, 0.3) is 0 Å². The Bertz CT molecular complexity index is 304. The molecule has 13 heavy (non-hydrogen) atoms. The highest BCUT2D eigenvalue weighted by Crippen LogP contribution is 2.27. The van der Waals surface area contributed by atoms with Gasteiger partial charge < -0.3 is 4.52 Å². The average Bonchev–Trinajstić information content (AvgIpc) is 2.67. The zero-order chi connectivity index (χ0) is 9.10. The van der Waals surface area contributed by atoms with E-state index < -0.39 is 0 Å². The van der Waals surface area contributed by atoms with Crippen molar-refractivity contribution >= 4 is 0 Å². The Kier molecular flexibility index (Phi) is 2.43. The molecule has 0 radical (unpaired) electrons. The Balaban J connectivity index is 2.10. The maximum atomic E-state index is 5.20. The normalized spacial score (nSPS) is 22.1. The average molecular weight is 178 g/mol. The summed E-state index contributed by atoms with van der Waals surface area (Å²) < 4.78 is 5.20. The number of rotatable bonds is 2. The molecule has 2 rings (SSSR count). The fraction of sp³-hybridized carbons (Fsp3) is 0.600. The molecule has 0 saturated carbocycles. The zero-order valence-corrected chi connectivity index (χ0v) is 7.86. The van der Waals surface area contributed by atoms with Gasteiger partial charge in [-0.05, 0) is 19.3 Å². The van der Waals surface area contributed by atoms with E-state index in [1.807, 2.05) is 6.92 Å². The first-order chi connectivity index (χ1) is 6.40. The van der Waals surface area contributed by atoms with Crippen molar-refractivity contribution in [1.29, 1.82) is 0 Å². The van der Waals surface area contributed by atoms with Crippen molar-refractivity contribution in [1.82, 2.24) is 10.1 Å². The van der Waals surface area contributed by atoms with Crippen LogP contribution in [0.3, 0.4) is 0 Å². The third-order valence-corrected chi connectivity index (χ3v) is 2.42. The van der Waals surface area contributed by atoms with Crippen molar-refractivity contribution in [2.45, 2.75) is 38.5 Å². The molecule has 3 heteroatoms. The van der Waals surface area contributed by atoms with Crippen molar-refractivity contribution in [3.8, 4) is 0 Å². The second-order valence-corrected chi connectivity index (χ2v) is 3.38. The van der Waals surface area contributed by atoms with Crippen LogP contribution in [0.15, 0.2) is 16.7 Å². The van der Waals surface area contributed by atoms with Gasteiger partial charge in [-0.2, -0.15) is 4.98 Å². The Hall–Kier alpha value is -1.12. The second kappa shape index (κ2) is 3.73. The lowest BCUT2D eigenvalue weighted by atomic mass is 9.94. The molecule has 0 saturated heterocycles. The standard InChI is InChI=1S/C10H14N2O/c1-2-9-11-10(13-12-9)8-6-4-3-5-7-8/h3-4,8H,2,5-7H2,1H3.